The number of thiazole rings is 1. The van der Waals surface area contributed by atoms with Gasteiger partial charge in [-0.15, -0.1) is 0 Å². The summed E-state index contributed by atoms with van der Waals surface area (Å²) < 4.78 is 0. The molecule has 1 heterocycles. The zero-order chi connectivity index (χ0) is 17.1. The Balaban J connectivity index is 1.77. The van der Waals surface area contributed by atoms with Crippen molar-refractivity contribution in [2.45, 2.75) is 6.92 Å². The van der Waals surface area contributed by atoms with Gasteiger partial charge in [0.1, 0.15) is 0 Å². The van der Waals surface area contributed by atoms with Crippen molar-refractivity contribution in [2.24, 2.45) is 0 Å². The highest BCUT2D eigenvalue weighted by molar-refractivity contribution is 7.17. The van der Waals surface area contributed by atoms with Crippen LogP contribution in [0.3, 0.4) is 0 Å². The number of non-ortho nitro benzene ring substituents is 1. The summed E-state index contributed by atoms with van der Waals surface area (Å²) in [5.74, 6) is -0.0673. The Bertz CT molecular complexity index is 903. The lowest BCUT2D eigenvalue weighted by Crippen LogP contribution is -2.00. The van der Waals surface area contributed by atoms with E-state index in [9.17, 15) is 14.9 Å². The molecule has 2 aromatic carbocycles. The Kier molecular flexibility index (Phi) is 4.35. The summed E-state index contributed by atoms with van der Waals surface area (Å²) in [6.45, 7) is 1.89. The highest BCUT2D eigenvalue weighted by Crippen LogP contribution is 2.26. The van der Waals surface area contributed by atoms with Gasteiger partial charge in [-0.25, -0.2) is 4.98 Å². The van der Waals surface area contributed by atoms with Gasteiger partial charge in [0.2, 0.25) is 5.78 Å². The summed E-state index contributed by atoms with van der Waals surface area (Å²) in [5, 5.41) is 14.2. The quantitative estimate of drug-likeness (QED) is 0.425. The number of hydrogen-bond donors (Lipinski definition) is 1. The first-order chi connectivity index (χ1) is 11.5. The number of hydrogen-bond acceptors (Lipinski definition) is 6. The summed E-state index contributed by atoms with van der Waals surface area (Å²) >= 11 is 1.24. The summed E-state index contributed by atoms with van der Waals surface area (Å²) in [7, 11) is 0. The van der Waals surface area contributed by atoms with E-state index >= 15 is 0 Å². The van der Waals surface area contributed by atoms with Crippen molar-refractivity contribution in [1.29, 1.82) is 0 Å². The third-order valence-corrected chi connectivity index (χ3v) is 4.36. The Morgan fingerprint density at radius 1 is 1.17 bits per heavy atom. The third-order valence-electron chi connectivity index (χ3n) is 3.45. The van der Waals surface area contributed by atoms with Gasteiger partial charge in [0.05, 0.1) is 16.0 Å². The van der Waals surface area contributed by atoms with Gasteiger partial charge in [0.15, 0.2) is 5.13 Å². The molecule has 0 amide bonds. The van der Waals surface area contributed by atoms with Crippen LogP contribution in [-0.2, 0) is 0 Å². The van der Waals surface area contributed by atoms with Crippen LogP contribution in [-0.4, -0.2) is 15.7 Å². The molecule has 0 spiro atoms. The molecule has 0 atom stereocenters. The van der Waals surface area contributed by atoms with Crippen LogP contribution < -0.4 is 5.32 Å². The van der Waals surface area contributed by atoms with Crippen LogP contribution >= 0.6 is 11.3 Å². The predicted molar refractivity (Wildman–Crippen MR) is 93.1 cm³/mol. The molecular formula is C17H13N3O3S. The number of nitro groups is 1. The number of nitro benzene ring substituents is 1. The second-order valence-corrected chi connectivity index (χ2v) is 6.13. The first-order valence-corrected chi connectivity index (χ1v) is 7.94. The molecule has 120 valence electrons. The van der Waals surface area contributed by atoms with Crippen molar-refractivity contribution < 1.29 is 9.72 Å². The smallest absolute Gasteiger partial charge is 0.269 e. The Labute approximate surface area is 141 Å². The van der Waals surface area contributed by atoms with E-state index in [1.165, 1.54) is 29.7 Å². The van der Waals surface area contributed by atoms with E-state index in [1.807, 2.05) is 25.1 Å². The molecule has 0 saturated heterocycles. The van der Waals surface area contributed by atoms with Crippen molar-refractivity contribution in [3.05, 3.63) is 80.8 Å². The number of rotatable bonds is 5. The molecule has 6 nitrogen and oxygen atoms in total. The van der Waals surface area contributed by atoms with Gasteiger partial charge in [-0.05, 0) is 24.6 Å². The van der Waals surface area contributed by atoms with E-state index in [-0.39, 0.29) is 11.5 Å². The fraction of sp³-hybridized carbons (Fsp3) is 0.0588. The van der Waals surface area contributed by atoms with Gasteiger partial charge in [0, 0.05) is 23.4 Å². The van der Waals surface area contributed by atoms with Crippen LogP contribution in [0.25, 0.3) is 0 Å². The number of nitrogens with zero attached hydrogens (tertiary/aromatic N) is 2. The fourth-order valence-corrected chi connectivity index (χ4v) is 2.98. The molecule has 1 aromatic heterocycles. The van der Waals surface area contributed by atoms with Crippen LogP contribution in [0.4, 0.5) is 16.5 Å². The highest BCUT2D eigenvalue weighted by atomic mass is 32.1. The van der Waals surface area contributed by atoms with Crippen LogP contribution in [0.15, 0.2) is 54.7 Å². The number of carbonyl (C=O) groups is 1. The fourth-order valence-electron chi connectivity index (χ4n) is 2.19. The summed E-state index contributed by atoms with van der Waals surface area (Å²) in [6.07, 6.45) is 1.53. The number of anilines is 2. The minimum atomic E-state index is -0.452. The Morgan fingerprint density at radius 2 is 1.88 bits per heavy atom. The van der Waals surface area contributed by atoms with Gasteiger partial charge in [-0.3, -0.25) is 14.9 Å². The number of aryl methyl sites for hydroxylation is 1. The molecule has 0 aliphatic carbocycles. The molecule has 3 aromatic rings. The van der Waals surface area contributed by atoms with Gasteiger partial charge in [-0.1, -0.05) is 35.6 Å². The van der Waals surface area contributed by atoms with Gasteiger partial charge in [0.25, 0.3) is 5.69 Å². The normalized spacial score (nSPS) is 10.4. The van der Waals surface area contributed by atoms with E-state index in [2.05, 4.69) is 10.3 Å². The molecule has 0 saturated carbocycles. The molecule has 0 aliphatic rings. The Morgan fingerprint density at radius 3 is 2.54 bits per heavy atom. The van der Waals surface area contributed by atoms with Crippen molar-refractivity contribution in [1.82, 2.24) is 4.98 Å². The maximum absolute atomic E-state index is 12.5. The molecule has 0 bridgehead atoms. The Hall–Kier alpha value is -3.06. The van der Waals surface area contributed by atoms with E-state index in [0.717, 1.165) is 5.56 Å². The maximum Gasteiger partial charge on any atom is 0.269 e. The summed E-state index contributed by atoms with van der Waals surface area (Å²) in [4.78, 5) is 27.5. The molecule has 0 aliphatic heterocycles. The van der Waals surface area contributed by atoms with Crippen LogP contribution in [0.2, 0.25) is 0 Å². The molecule has 0 fully saturated rings. The summed E-state index contributed by atoms with van der Waals surface area (Å²) in [5.41, 5.74) is 2.27. The lowest BCUT2D eigenvalue weighted by molar-refractivity contribution is -0.384. The predicted octanol–water partition coefficient (Wildman–Crippen LogP) is 4.33. The monoisotopic (exact) mass is 339 g/mol. The van der Waals surface area contributed by atoms with E-state index < -0.39 is 4.92 Å². The highest BCUT2D eigenvalue weighted by Gasteiger charge is 2.15. The molecule has 0 unspecified atom stereocenters. The number of aromatic nitrogens is 1. The lowest BCUT2D eigenvalue weighted by atomic mass is 10.0. The second-order valence-electron chi connectivity index (χ2n) is 5.10. The number of carbonyl (C=O) groups excluding carboxylic acids is 1. The number of ketones is 1. The number of nitrogens with one attached hydrogen (secondary N) is 1. The van der Waals surface area contributed by atoms with Crippen LogP contribution in [0.1, 0.15) is 20.8 Å². The van der Waals surface area contributed by atoms with Crippen molar-refractivity contribution in [2.75, 3.05) is 5.32 Å². The van der Waals surface area contributed by atoms with Crippen LogP contribution in [0.5, 0.6) is 0 Å². The first-order valence-electron chi connectivity index (χ1n) is 7.12. The molecule has 7 heteroatoms. The molecule has 1 N–H and O–H groups in total. The molecule has 3 rings (SSSR count). The minimum Gasteiger partial charge on any atom is -0.332 e. The van der Waals surface area contributed by atoms with Gasteiger partial charge < -0.3 is 5.32 Å². The summed E-state index contributed by atoms with van der Waals surface area (Å²) in [6, 6.07) is 13.4. The SMILES string of the molecule is Cc1ccccc1C(=O)c1cnc(Nc2ccc([N+](=O)[O-])cc2)s1. The average Bonchev–Trinajstić information content (AvgIpc) is 3.04. The standard InChI is InChI=1S/C17H13N3O3S/c1-11-4-2-3-5-14(11)16(21)15-10-18-17(24-15)19-12-6-8-13(9-7-12)20(22)23/h2-10H,1H3,(H,18,19). The largest absolute Gasteiger partial charge is 0.332 e. The number of benzene rings is 2. The van der Waals surface area contributed by atoms with Gasteiger partial charge in [-0.2, -0.15) is 0 Å². The van der Waals surface area contributed by atoms with Crippen LogP contribution in [0, 0.1) is 17.0 Å². The van der Waals surface area contributed by atoms with E-state index in [4.69, 9.17) is 0 Å². The maximum atomic E-state index is 12.5. The second kappa shape index (κ2) is 6.59. The third kappa shape index (κ3) is 3.31. The van der Waals surface area contributed by atoms with Crippen molar-refractivity contribution in [3.63, 3.8) is 0 Å². The minimum absolute atomic E-state index is 0.0232. The zero-order valence-corrected chi connectivity index (χ0v) is 13.5. The van der Waals surface area contributed by atoms with E-state index in [1.54, 1.807) is 18.2 Å². The first kappa shape index (κ1) is 15.8. The van der Waals surface area contributed by atoms with E-state index in [0.29, 0.717) is 21.3 Å². The average molecular weight is 339 g/mol. The zero-order valence-electron chi connectivity index (χ0n) is 12.7. The van der Waals surface area contributed by atoms with Crippen molar-refractivity contribution in [3.8, 4) is 0 Å². The van der Waals surface area contributed by atoms with Crippen molar-refractivity contribution >= 4 is 33.6 Å². The van der Waals surface area contributed by atoms with Gasteiger partial charge >= 0.3 is 0 Å². The molecule has 24 heavy (non-hydrogen) atoms. The molecular weight excluding hydrogens is 326 g/mol. The lowest BCUT2D eigenvalue weighted by Gasteiger charge is -2.02. The topological polar surface area (TPSA) is 85.1 Å². The molecule has 0 radical (unpaired) electrons.